The Morgan fingerprint density at radius 3 is 2.67 bits per heavy atom. The van der Waals surface area contributed by atoms with Gasteiger partial charge < -0.3 is 24.7 Å². The lowest BCUT2D eigenvalue weighted by molar-refractivity contribution is -0.131. The van der Waals surface area contributed by atoms with Crippen LogP contribution in [0.3, 0.4) is 0 Å². The summed E-state index contributed by atoms with van der Waals surface area (Å²) in [6.45, 7) is 4.20. The number of nitrogens with one attached hydrogen (secondary N) is 2. The molecular formula is C25H28N4O4. The normalized spacial score (nSPS) is 13.2. The first-order chi connectivity index (χ1) is 15.9. The highest BCUT2D eigenvalue weighted by Gasteiger charge is 2.21. The van der Waals surface area contributed by atoms with Gasteiger partial charge in [0, 0.05) is 18.3 Å². The second-order valence-electron chi connectivity index (χ2n) is 8.48. The molecule has 172 valence electrons. The molecule has 0 atom stereocenters. The summed E-state index contributed by atoms with van der Waals surface area (Å²) in [6.07, 6.45) is 4.47. The number of carbonyl (C=O) groups excluding carboxylic acids is 2. The highest BCUT2D eigenvalue weighted by molar-refractivity contribution is 5.97. The third-order valence-electron chi connectivity index (χ3n) is 5.47. The van der Waals surface area contributed by atoms with Gasteiger partial charge in [0.2, 0.25) is 11.8 Å². The maximum Gasteiger partial charge on any atom is 0.244 e. The molecule has 2 heterocycles. The summed E-state index contributed by atoms with van der Waals surface area (Å²) in [5, 5.41) is 2.88. The van der Waals surface area contributed by atoms with E-state index >= 15 is 0 Å². The number of imidazole rings is 1. The molecule has 8 heteroatoms. The van der Waals surface area contributed by atoms with E-state index in [1.165, 1.54) is 4.90 Å². The summed E-state index contributed by atoms with van der Waals surface area (Å²) in [5.74, 6) is 2.12. The molecule has 1 aromatic heterocycles. The minimum atomic E-state index is -0.282. The summed E-state index contributed by atoms with van der Waals surface area (Å²) >= 11 is 0. The largest absolute Gasteiger partial charge is 0.493 e. The average molecular weight is 449 g/mol. The number of benzene rings is 2. The highest BCUT2D eigenvalue weighted by Crippen LogP contribution is 2.32. The second-order valence-corrected chi connectivity index (χ2v) is 8.48. The minimum Gasteiger partial charge on any atom is -0.493 e. The fourth-order valence-corrected chi connectivity index (χ4v) is 3.88. The molecule has 0 fully saturated rings. The van der Waals surface area contributed by atoms with Crippen molar-refractivity contribution in [2.45, 2.75) is 26.7 Å². The van der Waals surface area contributed by atoms with E-state index in [2.05, 4.69) is 29.1 Å². The monoisotopic (exact) mass is 448 g/mol. The van der Waals surface area contributed by atoms with E-state index < -0.39 is 0 Å². The molecule has 1 aliphatic heterocycles. The van der Waals surface area contributed by atoms with Crippen LogP contribution in [0.15, 0.2) is 36.5 Å². The first-order valence-corrected chi connectivity index (χ1v) is 10.9. The third-order valence-corrected chi connectivity index (χ3v) is 5.47. The van der Waals surface area contributed by atoms with Crippen LogP contribution in [0.1, 0.15) is 30.8 Å². The lowest BCUT2D eigenvalue weighted by Gasteiger charge is -2.17. The van der Waals surface area contributed by atoms with E-state index in [1.54, 1.807) is 26.5 Å². The summed E-state index contributed by atoms with van der Waals surface area (Å²) in [5.41, 5.74) is 4.05. The highest BCUT2D eigenvalue weighted by atomic mass is 16.5. The lowest BCUT2D eigenvalue weighted by Crippen LogP contribution is -2.34. The number of hydrogen-bond donors (Lipinski definition) is 2. The van der Waals surface area contributed by atoms with Crippen LogP contribution in [0.2, 0.25) is 0 Å². The van der Waals surface area contributed by atoms with E-state index in [4.69, 9.17) is 9.47 Å². The zero-order chi connectivity index (χ0) is 23.5. The molecule has 0 bridgehead atoms. The Morgan fingerprint density at radius 2 is 1.94 bits per heavy atom. The molecule has 8 nitrogen and oxygen atoms in total. The van der Waals surface area contributed by atoms with Gasteiger partial charge in [-0.15, -0.1) is 0 Å². The van der Waals surface area contributed by atoms with Crippen LogP contribution in [0.4, 0.5) is 5.69 Å². The predicted molar refractivity (Wildman–Crippen MR) is 127 cm³/mol. The van der Waals surface area contributed by atoms with Gasteiger partial charge in [0.25, 0.3) is 0 Å². The van der Waals surface area contributed by atoms with E-state index in [0.29, 0.717) is 23.1 Å². The second kappa shape index (κ2) is 9.36. The Hall–Kier alpha value is -3.81. The van der Waals surface area contributed by atoms with Crippen LogP contribution in [0.5, 0.6) is 11.5 Å². The zero-order valence-corrected chi connectivity index (χ0v) is 19.3. The molecule has 0 aliphatic carbocycles. The standard InChI is InChI=1S/C25H28N4O4/c1-15(2)9-23-27-19-6-5-18(13-20(19)28-23)26-24(30)14-29-8-7-16-10-21(32-3)22(33-4)11-17(16)12-25(29)31/h5-8,10-11,13,15H,9,12,14H2,1-4H3,(H,26,30)(H,27,28). The van der Waals surface area contributed by atoms with Crippen molar-refractivity contribution in [1.82, 2.24) is 14.9 Å². The molecule has 2 amide bonds. The van der Waals surface area contributed by atoms with Crippen LogP contribution >= 0.6 is 0 Å². The van der Waals surface area contributed by atoms with E-state index in [-0.39, 0.29) is 24.8 Å². The Labute approximate surface area is 192 Å². The van der Waals surface area contributed by atoms with Gasteiger partial charge in [-0.3, -0.25) is 9.59 Å². The van der Waals surface area contributed by atoms with Crippen molar-refractivity contribution in [3.63, 3.8) is 0 Å². The molecule has 0 saturated heterocycles. The molecule has 1 aliphatic rings. The number of carbonyl (C=O) groups is 2. The van der Waals surface area contributed by atoms with Crippen LogP contribution in [0, 0.1) is 5.92 Å². The van der Waals surface area contributed by atoms with E-state index in [9.17, 15) is 9.59 Å². The van der Waals surface area contributed by atoms with Crippen molar-refractivity contribution in [3.05, 3.63) is 53.5 Å². The van der Waals surface area contributed by atoms with Crippen molar-refractivity contribution in [3.8, 4) is 11.5 Å². The smallest absolute Gasteiger partial charge is 0.244 e. The number of methoxy groups -OCH3 is 2. The average Bonchev–Trinajstić information content (AvgIpc) is 3.10. The molecule has 0 radical (unpaired) electrons. The zero-order valence-electron chi connectivity index (χ0n) is 19.3. The Bertz CT molecular complexity index is 1230. The van der Waals surface area contributed by atoms with Gasteiger partial charge in [-0.05, 0) is 53.5 Å². The fourth-order valence-electron chi connectivity index (χ4n) is 3.88. The number of amides is 2. The van der Waals surface area contributed by atoms with Crippen LogP contribution in [-0.2, 0) is 22.4 Å². The van der Waals surface area contributed by atoms with Gasteiger partial charge in [-0.2, -0.15) is 0 Å². The summed E-state index contributed by atoms with van der Waals surface area (Å²) in [4.78, 5) is 34.8. The molecule has 0 saturated carbocycles. The van der Waals surface area contributed by atoms with Crippen molar-refractivity contribution in [2.24, 2.45) is 5.92 Å². The number of hydrogen-bond acceptors (Lipinski definition) is 5. The van der Waals surface area contributed by atoms with E-state index in [0.717, 1.165) is 34.4 Å². The van der Waals surface area contributed by atoms with Gasteiger partial charge in [-0.1, -0.05) is 13.8 Å². The number of nitrogens with zero attached hydrogens (tertiary/aromatic N) is 2. The number of fused-ring (bicyclic) bond motifs is 2. The Kier molecular flexibility index (Phi) is 6.35. The minimum absolute atomic E-state index is 0.0861. The van der Waals surface area contributed by atoms with Crippen molar-refractivity contribution in [2.75, 3.05) is 26.1 Å². The molecule has 4 rings (SSSR count). The van der Waals surface area contributed by atoms with Gasteiger partial charge in [0.15, 0.2) is 11.5 Å². The summed E-state index contributed by atoms with van der Waals surface area (Å²) in [7, 11) is 3.12. The number of anilines is 1. The fraction of sp³-hybridized carbons (Fsp3) is 0.320. The molecular weight excluding hydrogens is 420 g/mol. The number of aromatic amines is 1. The number of rotatable bonds is 7. The number of aromatic nitrogens is 2. The van der Waals surface area contributed by atoms with Crippen molar-refractivity contribution >= 4 is 34.6 Å². The number of ether oxygens (including phenoxy) is 2. The molecule has 0 spiro atoms. The third kappa shape index (κ3) is 5.00. The van der Waals surface area contributed by atoms with Crippen LogP contribution in [-0.4, -0.2) is 47.4 Å². The van der Waals surface area contributed by atoms with Gasteiger partial charge in [0.05, 0.1) is 31.7 Å². The van der Waals surface area contributed by atoms with Crippen LogP contribution in [0.25, 0.3) is 17.1 Å². The molecule has 33 heavy (non-hydrogen) atoms. The quantitative estimate of drug-likeness (QED) is 0.574. The molecule has 2 N–H and O–H groups in total. The summed E-state index contributed by atoms with van der Waals surface area (Å²) < 4.78 is 10.7. The van der Waals surface area contributed by atoms with Gasteiger partial charge in [0.1, 0.15) is 12.4 Å². The Morgan fingerprint density at radius 1 is 1.18 bits per heavy atom. The molecule has 0 unspecified atom stereocenters. The lowest BCUT2D eigenvalue weighted by atomic mass is 10.0. The van der Waals surface area contributed by atoms with Crippen LogP contribution < -0.4 is 14.8 Å². The first kappa shape index (κ1) is 22.4. The maximum absolute atomic E-state index is 12.8. The topological polar surface area (TPSA) is 96.6 Å². The molecule has 2 aromatic carbocycles. The number of H-pyrrole nitrogens is 1. The molecule has 3 aromatic rings. The van der Waals surface area contributed by atoms with Crippen molar-refractivity contribution < 1.29 is 19.1 Å². The van der Waals surface area contributed by atoms with Gasteiger partial charge >= 0.3 is 0 Å². The predicted octanol–water partition coefficient (Wildman–Crippen LogP) is 3.77. The maximum atomic E-state index is 12.8. The van der Waals surface area contributed by atoms with E-state index in [1.807, 2.05) is 30.3 Å². The van der Waals surface area contributed by atoms with Gasteiger partial charge in [-0.25, -0.2) is 4.98 Å². The SMILES string of the molecule is COc1cc2c(cc1OC)CC(=O)N(CC(=O)Nc1ccc3nc(CC(C)C)[nH]c3c1)C=C2. The van der Waals surface area contributed by atoms with Crippen molar-refractivity contribution in [1.29, 1.82) is 0 Å². The summed E-state index contributed by atoms with van der Waals surface area (Å²) in [6, 6.07) is 9.18. The first-order valence-electron chi connectivity index (χ1n) is 10.9. The Balaban J connectivity index is 1.45.